The van der Waals surface area contributed by atoms with Crippen LogP contribution >= 0.6 is 0 Å². The lowest BCUT2D eigenvalue weighted by atomic mass is 9.86. The van der Waals surface area contributed by atoms with Gasteiger partial charge in [-0.15, -0.1) is 0 Å². The Hall–Kier alpha value is -3.07. The third-order valence-electron chi connectivity index (χ3n) is 8.80. The van der Waals surface area contributed by atoms with Crippen LogP contribution in [0.4, 0.5) is 4.39 Å². The van der Waals surface area contributed by atoms with Crippen LogP contribution in [0.5, 0.6) is 0 Å². The molecule has 2 unspecified atom stereocenters. The standard InChI is InChI=1S/C35H44FN3O3S/c1-35(2,3)27-14-18-30(19-15-27)43(41,42)39-33(25-12-16-28(36)17-13-25)22-34(40)38-32-10-6-7-26-21-24(11-20-31(26)32)23-37-29-8-4-5-9-29/h11-21,29,32-33,37,39H,4-10,22-23H2,1-3H3,(H,38,40). The Kier molecular flexibility index (Phi) is 9.69. The highest BCUT2D eigenvalue weighted by Gasteiger charge is 2.27. The van der Waals surface area contributed by atoms with E-state index < -0.39 is 21.9 Å². The maximum absolute atomic E-state index is 13.7. The highest BCUT2D eigenvalue weighted by Crippen LogP contribution is 2.32. The zero-order valence-electron chi connectivity index (χ0n) is 25.5. The number of hydrogen-bond donors (Lipinski definition) is 3. The van der Waals surface area contributed by atoms with E-state index >= 15 is 0 Å². The second-order valence-electron chi connectivity index (χ2n) is 13.1. The van der Waals surface area contributed by atoms with E-state index in [1.54, 1.807) is 12.1 Å². The van der Waals surface area contributed by atoms with Gasteiger partial charge in [-0.05, 0) is 89.6 Å². The molecule has 6 nitrogen and oxygen atoms in total. The minimum absolute atomic E-state index is 0.111. The first-order chi connectivity index (χ1) is 20.5. The Morgan fingerprint density at radius 3 is 2.30 bits per heavy atom. The monoisotopic (exact) mass is 605 g/mol. The Balaban J connectivity index is 1.29. The van der Waals surface area contributed by atoms with Crippen molar-refractivity contribution in [1.82, 2.24) is 15.4 Å². The molecule has 0 radical (unpaired) electrons. The molecule has 0 spiro atoms. The first-order valence-corrected chi connectivity index (χ1v) is 17.0. The molecule has 0 heterocycles. The van der Waals surface area contributed by atoms with E-state index in [9.17, 15) is 17.6 Å². The van der Waals surface area contributed by atoms with Gasteiger partial charge in [0.25, 0.3) is 0 Å². The molecule has 3 N–H and O–H groups in total. The number of fused-ring (bicyclic) bond motifs is 1. The number of nitrogens with one attached hydrogen (secondary N) is 3. The van der Waals surface area contributed by atoms with Gasteiger partial charge in [0.05, 0.1) is 17.0 Å². The average molecular weight is 606 g/mol. The second kappa shape index (κ2) is 13.3. The van der Waals surface area contributed by atoms with Gasteiger partial charge < -0.3 is 10.6 Å². The Morgan fingerprint density at radius 1 is 0.930 bits per heavy atom. The summed E-state index contributed by atoms with van der Waals surface area (Å²) in [5.74, 6) is -0.686. The van der Waals surface area contributed by atoms with E-state index in [1.807, 2.05) is 12.1 Å². The summed E-state index contributed by atoms with van der Waals surface area (Å²) in [6.07, 6.45) is 7.76. The third-order valence-corrected chi connectivity index (χ3v) is 10.3. The van der Waals surface area contributed by atoms with Crippen molar-refractivity contribution in [3.8, 4) is 0 Å². The molecule has 1 amide bonds. The Morgan fingerprint density at radius 2 is 1.63 bits per heavy atom. The van der Waals surface area contributed by atoms with Crippen LogP contribution in [0.3, 0.4) is 0 Å². The smallest absolute Gasteiger partial charge is 0.241 e. The molecule has 3 aromatic carbocycles. The molecule has 2 atom stereocenters. The number of carbonyl (C=O) groups excluding carboxylic acids is 1. The summed E-state index contributed by atoms with van der Waals surface area (Å²) in [7, 11) is -3.95. The fraction of sp³-hybridized carbons (Fsp3) is 0.457. The zero-order valence-corrected chi connectivity index (χ0v) is 26.3. The van der Waals surface area contributed by atoms with Crippen LogP contribution in [0, 0.1) is 5.82 Å². The summed E-state index contributed by atoms with van der Waals surface area (Å²) in [4.78, 5) is 13.6. The van der Waals surface area contributed by atoms with Gasteiger partial charge in [-0.2, -0.15) is 0 Å². The lowest BCUT2D eigenvalue weighted by Crippen LogP contribution is -2.36. The number of hydrogen-bond acceptors (Lipinski definition) is 4. The zero-order chi connectivity index (χ0) is 30.6. The number of sulfonamides is 1. The van der Waals surface area contributed by atoms with Gasteiger partial charge in [0.2, 0.25) is 15.9 Å². The minimum Gasteiger partial charge on any atom is -0.349 e. The van der Waals surface area contributed by atoms with E-state index in [1.165, 1.54) is 61.1 Å². The SMILES string of the molecule is CC(C)(C)c1ccc(S(=O)(=O)NC(CC(=O)NC2CCCc3cc(CNC4CCCC4)ccc32)c2ccc(F)cc2)cc1. The third kappa shape index (κ3) is 8.11. The molecular weight excluding hydrogens is 561 g/mol. The van der Waals surface area contributed by atoms with Gasteiger partial charge in [0.15, 0.2) is 0 Å². The van der Waals surface area contributed by atoms with E-state index in [4.69, 9.17) is 0 Å². The van der Waals surface area contributed by atoms with Crippen molar-refractivity contribution in [2.75, 3.05) is 0 Å². The molecule has 0 aliphatic heterocycles. The Labute approximate surface area is 255 Å². The number of aryl methyl sites for hydroxylation is 1. The molecule has 1 fully saturated rings. The first kappa shape index (κ1) is 31.4. The van der Waals surface area contributed by atoms with Crippen molar-refractivity contribution >= 4 is 15.9 Å². The molecule has 43 heavy (non-hydrogen) atoms. The van der Waals surface area contributed by atoms with Gasteiger partial charge in [-0.25, -0.2) is 17.5 Å². The van der Waals surface area contributed by atoms with Gasteiger partial charge in [-0.1, -0.05) is 76.1 Å². The number of amides is 1. The van der Waals surface area contributed by atoms with Crippen LogP contribution in [0.25, 0.3) is 0 Å². The predicted octanol–water partition coefficient (Wildman–Crippen LogP) is 6.76. The summed E-state index contributed by atoms with van der Waals surface area (Å²) in [6.45, 7) is 7.05. The highest BCUT2D eigenvalue weighted by atomic mass is 32.2. The van der Waals surface area contributed by atoms with E-state index in [-0.39, 0.29) is 28.7 Å². The van der Waals surface area contributed by atoms with Gasteiger partial charge in [0.1, 0.15) is 5.82 Å². The first-order valence-electron chi connectivity index (χ1n) is 15.5. The summed E-state index contributed by atoms with van der Waals surface area (Å²) in [6, 6.07) is 18.5. The average Bonchev–Trinajstić information content (AvgIpc) is 3.49. The number of halogens is 1. The summed E-state index contributed by atoms with van der Waals surface area (Å²) >= 11 is 0. The normalized spacial score (nSPS) is 18.3. The highest BCUT2D eigenvalue weighted by molar-refractivity contribution is 7.89. The van der Waals surface area contributed by atoms with Crippen LogP contribution in [0.2, 0.25) is 0 Å². The number of benzene rings is 3. The van der Waals surface area contributed by atoms with E-state index in [0.717, 1.165) is 36.9 Å². The fourth-order valence-corrected chi connectivity index (χ4v) is 7.49. The molecule has 2 aliphatic carbocycles. The van der Waals surface area contributed by atoms with E-state index in [2.05, 4.69) is 54.3 Å². The van der Waals surface area contributed by atoms with Crippen LogP contribution in [0.1, 0.15) is 106 Å². The van der Waals surface area contributed by atoms with Gasteiger partial charge in [-0.3, -0.25) is 4.79 Å². The molecule has 0 bridgehead atoms. The molecule has 1 saturated carbocycles. The van der Waals surface area contributed by atoms with Crippen LogP contribution in [0.15, 0.2) is 71.6 Å². The van der Waals surface area contributed by atoms with Gasteiger partial charge >= 0.3 is 0 Å². The number of rotatable bonds is 10. The van der Waals surface area contributed by atoms with Crippen LogP contribution < -0.4 is 15.4 Å². The van der Waals surface area contributed by atoms with Crippen molar-refractivity contribution < 1.29 is 17.6 Å². The summed E-state index contributed by atoms with van der Waals surface area (Å²) in [5, 5.41) is 6.85. The summed E-state index contributed by atoms with van der Waals surface area (Å²) < 4.78 is 43.3. The quantitative estimate of drug-likeness (QED) is 0.238. The van der Waals surface area contributed by atoms with Crippen molar-refractivity contribution in [2.24, 2.45) is 0 Å². The number of carbonyl (C=O) groups is 1. The maximum atomic E-state index is 13.7. The molecule has 2 aliphatic rings. The maximum Gasteiger partial charge on any atom is 0.241 e. The molecule has 3 aromatic rings. The summed E-state index contributed by atoms with van der Waals surface area (Å²) in [5.41, 5.74) is 5.08. The minimum atomic E-state index is -3.95. The van der Waals surface area contributed by atoms with Crippen molar-refractivity contribution in [1.29, 1.82) is 0 Å². The predicted molar refractivity (Wildman–Crippen MR) is 169 cm³/mol. The lowest BCUT2D eigenvalue weighted by Gasteiger charge is -2.28. The lowest BCUT2D eigenvalue weighted by molar-refractivity contribution is -0.122. The molecule has 0 aromatic heterocycles. The largest absolute Gasteiger partial charge is 0.349 e. The molecular formula is C35H44FN3O3S. The molecule has 8 heteroatoms. The molecule has 0 saturated heterocycles. The van der Waals surface area contributed by atoms with Gasteiger partial charge in [0, 0.05) is 19.0 Å². The van der Waals surface area contributed by atoms with E-state index in [0.29, 0.717) is 11.6 Å². The van der Waals surface area contributed by atoms with Crippen molar-refractivity contribution in [3.05, 3.63) is 100 Å². The van der Waals surface area contributed by atoms with Crippen molar-refractivity contribution in [2.45, 2.75) is 107 Å². The topological polar surface area (TPSA) is 87.3 Å². The van der Waals surface area contributed by atoms with Crippen LogP contribution in [-0.4, -0.2) is 20.4 Å². The molecule has 230 valence electrons. The fourth-order valence-electron chi connectivity index (χ4n) is 6.27. The van der Waals surface area contributed by atoms with Crippen molar-refractivity contribution in [3.63, 3.8) is 0 Å². The Bertz CT molecular complexity index is 1510. The van der Waals surface area contributed by atoms with Crippen LogP contribution in [-0.2, 0) is 33.2 Å². The second-order valence-corrected chi connectivity index (χ2v) is 14.8. The molecule has 5 rings (SSSR count).